The third-order valence-corrected chi connectivity index (χ3v) is 13.3. The van der Waals surface area contributed by atoms with Crippen molar-refractivity contribution >= 4 is 21.8 Å². The minimum absolute atomic E-state index is 0. The van der Waals surface area contributed by atoms with Crippen molar-refractivity contribution in [3.8, 4) is 62.0 Å². The molecule has 5 heteroatoms. The van der Waals surface area contributed by atoms with Gasteiger partial charge in [-0.3, -0.25) is 0 Å². The Balaban J connectivity index is 0.00000504. The summed E-state index contributed by atoms with van der Waals surface area (Å²) in [6, 6.07) is 56.8. The number of aryl methyl sites for hydroxylation is 3. The van der Waals surface area contributed by atoms with Crippen LogP contribution in [0.1, 0.15) is 68.2 Å². The number of fused-ring (bicyclic) bond motifs is 3. The van der Waals surface area contributed by atoms with Crippen molar-refractivity contribution in [2.45, 2.75) is 66.7 Å². The number of hydrogen-bond acceptors (Lipinski definition) is 3. The van der Waals surface area contributed by atoms with E-state index < -0.39 is 0 Å². The zero-order valence-electron chi connectivity index (χ0n) is 36.8. The van der Waals surface area contributed by atoms with Gasteiger partial charge in [-0.05, 0) is 136 Å². The fourth-order valence-electron chi connectivity index (χ4n) is 9.74. The second-order valence-electron chi connectivity index (χ2n) is 18.2. The first-order valence-electron chi connectivity index (χ1n) is 21.9. The summed E-state index contributed by atoms with van der Waals surface area (Å²) < 4.78 is 8.80. The van der Waals surface area contributed by atoms with E-state index in [9.17, 15) is 0 Å². The van der Waals surface area contributed by atoms with E-state index >= 15 is 0 Å². The van der Waals surface area contributed by atoms with Crippen LogP contribution in [-0.2, 0) is 21.1 Å². The average molecular weight is 1000 g/mol. The molecule has 0 amide bonds. The van der Waals surface area contributed by atoms with Crippen molar-refractivity contribution in [2.75, 3.05) is 0 Å². The molecule has 314 valence electrons. The van der Waals surface area contributed by atoms with Crippen molar-refractivity contribution in [1.82, 2.24) is 14.5 Å². The first kappa shape index (κ1) is 42.2. The number of nitrogens with zero attached hydrogens (tertiary/aromatic N) is 3. The SMILES string of the molecule is Cc1cnc(-n2c3[c-]c(Oc4[c-]c(-c5cc(C6CCC(C)(C)CC6C)c(C)cn5)ccc4)ccc3c3cc(-c4ccc(-c5ccc(-c6ccccc6)cc5)cc4)ccc32)cc1C.[Pt+2]. The Kier molecular flexibility index (Phi) is 11.5. The number of pyridine rings is 2. The Labute approximate surface area is 386 Å². The van der Waals surface area contributed by atoms with Gasteiger partial charge in [0.1, 0.15) is 5.82 Å². The normalized spacial score (nSPS) is 15.9. The fourth-order valence-corrected chi connectivity index (χ4v) is 9.74. The second-order valence-corrected chi connectivity index (χ2v) is 18.2. The number of benzene rings is 6. The number of ether oxygens (including phenoxy) is 1. The van der Waals surface area contributed by atoms with Gasteiger partial charge in [-0.1, -0.05) is 129 Å². The van der Waals surface area contributed by atoms with Gasteiger partial charge in [-0.15, -0.1) is 41.3 Å². The summed E-state index contributed by atoms with van der Waals surface area (Å²) in [6.07, 6.45) is 7.68. The zero-order valence-corrected chi connectivity index (χ0v) is 39.0. The molecule has 4 nitrogen and oxygen atoms in total. The summed E-state index contributed by atoms with van der Waals surface area (Å²) >= 11 is 0. The largest absolute Gasteiger partial charge is 2.00 e. The summed E-state index contributed by atoms with van der Waals surface area (Å²) in [5.41, 5.74) is 16.4. The zero-order chi connectivity index (χ0) is 42.5. The third-order valence-electron chi connectivity index (χ3n) is 13.3. The molecule has 9 aromatic rings. The monoisotopic (exact) mass is 1000 g/mol. The molecule has 1 saturated carbocycles. The quantitative estimate of drug-likeness (QED) is 0.142. The van der Waals surface area contributed by atoms with E-state index in [-0.39, 0.29) is 21.1 Å². The van der Waals surface area contributed by atoms with Crippen LogP contribution in [0, 0.1) is 44.2 Å². The van der Waals surface area contributed by atoms with E-state index in [4.69, 9.17) is 14.7 Å². The Morgan fingerprint density at radius 1 is 0.603 bits per heavy atom. The molecule has 3 aromatic heterocycles. The van der Waals surface area contributed by atoms with Gasteiger partial charge in [0.15, 0.2) is 0 Å². The van der Waals surface area contributed by atoms with Crippen LogP contribution in [-0.4, -0.2) is 14.5 Å². The van der Waals surface area contributed by atoms with E-state index in [0.717, 1.165) is 55.6 Å². The fraction of sp³-hybridized carbons (Fsp3) is 0.207. The summed E-state index contributed by atoms with van der Waals surface area (Å²) in [6.45, 7) is 13.7. The van der Waals surface area contributed by atoms with Crippen LogP contribution in [0.15, 0.2) is 152 Å². The molecule has 63 heavy (non-hydrogen) atoms. The summed E-state index contributed by atoms with van der Waals surface area (Å²) in [7, 11) is 0. The molecule has 0 aliphatic heterocycles. The molecule has 0 spiro atoms. The van der Waals surface area contributed by atoms with Gasteiger partial charge in [0, 0.05) is 29.4 Å². The summed E-state index contributed by atoms with van der Waals surface area (Å²) in [5.74, 6) is 3.25. The van der Waals surface area contributed by atoms with Crippen LogP contribution in [0.3, 0.4) is 0 Å². The molecule has 10 rings (SSSR count). The van der Waals surface area contributed by atoms with Gasteiger partial charge >= 0.3 is 21.1 Å². The van der Waals surface area contributed by atoms with Crippen LogP contribution in [0.5, 0.6) is 11.5 Å². The van der Waals surface area contributed by atoms with E-state index in [1.54, 1.807) is 0 Å². The van der Waals surface area contributed by atoms with E-state index in [0.29, 0.717) is 28.7 Å². The van der Waals surface area contributed by atoms with Crippen molar-refractivity contribution in [3.63, 3.8) is 0 Å². The molecule has 2 unspecified atom stereocenters. The molecule has 6 aromatic carbocycles. The van der Waals surface area contributed by atoms with Crippen molar-refractivity contribution in [2.24, 2.45) is 11.3 Å². The first-order valence-corrected chi connectivity index (χ1v) is 21.9. The topological polar surface area (TPSA) is 39.9 Å². The molecule has 2 atom stereocenters. The van der Waals surface area contributed by atoms with Crippen LogP contribution >= 0.6 is 0 Å². The van der Waals surface area contributed by atoms with Gasteiger partial charge in [-0.2, -0.15) is 6.07 Å². The predicted octanol–water partition coefficient (Wildman–Crippen LogP) is 15.5. The Hall–Kier alpha value is -6.09. The molecule has 1 aliphatic carbocycles. The predicted molar refractivity (Wildman–Crippen MR) is 256 cm³/mol. The molecule has 3 heterocycles. The Morgan fingerprint density at radius 2 is 1.24 bits per heavy atom. The standard InChI is InChI=1S/C58H51N3O.Pt/c1-37-29-57(60-35-39(37)3)61-55-26-23-46(45-21-19-44(20-22-45)43-17-15-42(16-18-43)41-11-8-7-9-12-41)31-53(55)51-25-24-49(32-56(51)61)62-48-14-10-13-47(30-48)54-33-52(40(4)36-59-54)50-27-28-58(5,6)34-38(50)2;/h7-26,29,31,33,35-36,38,50H,27-28,34H2,1-6H3;/q-2;+2. The minimum Gasteiger partial charge on any atom is -0.503 e. The van der Waals surface area contributed by atoms with Gasteiger partial charge in [0.05, 0.1) is 0 Å². The summed E-state index contributed by atoms with van der Waals surface area (Å²) in [4.78, 5) is 9.81. The average Bonchev–Trinajstić information content (AvgIpc) is 3.61. The van der Waals surface area contributed by atoms with Gasteiger partial charge < -0.3 is 14.3 Å². The Bertz CT molecular complexity index is 3090. The molecule has 0 bridgehead atoms. The molecular formula is C58H51N3OPt. The second kappa shape index (κ2) is 17.2. The van der Waals surface area contributed by atoms with Crippen LogP contribution < -0.4 is 4.74 Å². The van der Waals surface area contributed by atoms with Gasteiger partial charge in [0.25, 0.3) is 0 Å². The third kappa shape index (κ3) is 8.42. The van der Waals surface area contributed by atoms with E-state index in [1.165, 1.54) is 58.2 Å². The van der Waals surface area contributed by atoms with Crippen molar-refractivity contribution in [1.29, 1.82) is 0 Å². The maximum atomic E-state index is 6.59. The van der Waals surface area contributed by atoms with Crippen LogP contribution in [0.4, 0.5) is 0 Å². The minimum atomic E-state index is 0. The molecule has 0 saturated heterocycles. The molecule has 0 radical (unpaired) electrons. The molecule has 1 fully saturated rings. The number of rotatable bonds is 8. The maximum Gasteiger partial charge on any atom is 2.00 e. The van der Waals surface area contributed by atoms with E-state index in [2.05, 4.69) is 180 Å². The van der Waals surface area contributed by atoms with Crippen molar-refractivity contribution < 1.29 is 25.8 Å². The molecule has 0 N–H and O–H groups in total. The molecule has 1 aliphatic rings. The number of hydrogen-bond donors (Lipinski definition) is 0. The smallest absolute Gasteiger partial charge is 0.503 e. The van der Waals surface area contributed by atoms with Gasteiger partial charge in [0.2, 0.25) is 0 Å². The Morgan fingerprint density at radius 3 is 1.92 bits per heavy atom. The van der Waals surface area contributed by atoms with E-state index in [1.807, 2.05) is 30.6 Å². The summed E-state index contributed by atoms with van der Waals surface area (Å²) in [5, 5.41) is 2.21. The van der Waals surface area contributed by atoms with Crippen LogP contribution in [0.25, 0.3) is 72.3 Å². The molecular weight excluding hydrogens is 950 g/mol. The van der Waals surface area contributed by atoms with Crippen molar-refractivity contribution in [3.05, 3.63) is 186 Å². The van der Waals surface area contributed by atoms with Crippen LogP contribution in [0.2, 0.25) is 0 Å². The van der Waals surface area contributed by atoms with Gasteiger partial charge in [-0.25, -0.2) is 4.98 Å². The number of aromatic nitrogens is 3. The maximum absolute atomic E-state index is 6.59. The first-order chi connectivity index (χ1) is 30.1.